The van der Waals surface area contributed by atoms with Gasteiger partial charge in [-0.3, -0.25) is 0 Å². The van der Waals surface area contributed by atoms with Gasteiger partial charge in [0.15, 0.2) is 0 Å². The van der Waals surface area contributed by atoms with Crippen LogP contribution in [0.1, 0.15) is 154 Å². The van der Waals surface area contributed by atoms with Crippen molar-refractivity contribution in [1.29, 1.82) is 0 Å². The lowest BCUT2D eigenvalue weighted by molar-refractivity contribution is 0.0863. The van der Waals surface area contributed by atoms with E-state index < -0.39 is 0 Å². The Balaban J connectivity index is 1.84. The average Bonchev–Trinajstić information content (AvgIpc) is 3.28. The Morgan fingerprint density at radius 3 is 1.09 bits per heavy atom. The zero-order chi connectivity index (χ0) is 23.7. The summed E-state index contributed by atoms with van der Waals surface area (Å²) < 4.78 is 17.4. The third-order valence-electron chi connectivity index (χ3n) is 6.49. The molecule has 3 heteroatoms. The molecule has 1 aromatic rings. The first-order valence-corrected chi connectivity index (χ1v) is 14.6. The summed E-state index contributed by atoms with van der Waals surface area (Å²) in [4.78, 5) is 0. The molecule has 0 aliphatic carbocycles. The lowest BCUT2D eigenvalue weighted by atomic mass is 10.1. The van der Waals surface area contributed by atoms with Gasteiger partial charge in [0, 0.05) is 13.2 Å². The zero-order valence-corrected chi connectivity index (χ0v) is 22.4. The molecule has 0 amide bonds. The van der Waals surface area contributed by atoms with E-state index >= 15 is 0 Å². The fourth-order valence-electron chi connectivity index (χ4n) is 4.31. The number of furan rings is 1. The van der Waals surface area contributed by atoms with E-state index in [0.29, 0.717) is 13.2 Å². The molecule has 0 aliphatic rings. The van der Waals surface area contributed by atoms with Gasteiger partial charge in [-0.1, -0.05) is 129 Å². The van der Waals surface area contributed by atoms with Crippen LogP contribution in [0.15, 0.2) is 16.5 Å². The third kappa shape index (κ3) is 20.3. The molecule has 0 aliphatic heterocycles. The molecule has 0 spiro atoms. The van der Waals surface area contributed by atoms with Gasteiger partial charge < -0.3 is 13.9 Å². The topological polar surface area (TPSA) is 31.6 Å². The summed E-state index contributed by atoms with van der Waals surface area (Å²) in [5.74, 6) is 1.83. The quantitative estimate of drug-likeness (QED) is 0.128. The van der Waals surface area contributed by atoms with Crippen molar-refractivity contribution in [2.45, 2.75) is 155 Å². The van der Waals surface area contributed by atoms with E-state index in [0.717, 1.165) is 37.6 Å². The Hall–Kier alpha value is -0.800. The first-order valence-electron chi connectivity index (χ1n) is 14.6. The molecule has 3 nitrogen and oxygen atoms in total. The standard InChI is InChI=1S/C30H56O3/c1-3-5-7-9-11-13-15-17-19-21-25-31-27-29-23-24-30(33-29)28-32-26-22-20-18-16-14-12-10-8-6-4-2/h23-24H,3-22,25-28H2,1-2H3. The summed E-state index contributed by atoms with van der Waals surface area (Å²) >= 11 is 0. The van der Waals surface area contributed by atoms with Crippen molar-refractivity contribution in [2.24, 2.45) is 0 Å². The number of hydrogen-bond donors (Lipinski definition) is 0. The van der Waals surface area contributed by atoms with E-state index in [4.69, 9.17) is 13.9 Å². The van der Waals surface area contributed by atoms with Crippen LogP contribution in [0.2, 0.25) is 0 Å². The van der Waals surface area contributed by atoms with Crippen molar-refractivity contribution in [3.8, 4) is 0 Å². The lowest BCUT2D eigenvalue weighted by Crippen LogP contribution is -1.96. The Morgan fingerprint density at radius 2 is 0.758 bits per heavy atom. The van der Waals surface area contributed by atoms with Gasteiger partial charge in [0.1, 0.15) is 24.7 Å². The smallest absolute Gasteiger partial charge is 0.129 e. The van der Waals surface area contributed by atoms with Crippen molar-refractivity contribution < 1.29 is 13.9 Å². The monoisotopic (exact) mass is 464 g/mol. The van der Waals surface area contributed by atoms with Crippen molar-refractivity contribution in [1.82, 2.24) is 0 Å². The summed E-state index contributed by atoms with van der Waals surface area (Å²) in [6, 6.07) is 4.05. The predicted molar refractivity (Wildman–Crippen MR) is 142 cm³/mol. The van der Waals surface area contributed by atoms with Gasteiger partial charge in [-0.25, -0.2) is 0 Å². The number of hydrogen-bond acceptors (Lipinski definition) is 3. The van der Waals surface area contributed by atoms with Crippen LogP contribution >= 0.6 is 0 Å². The largest absolute Gasteiger partial charge is 0.461 e. The summed E-state index contributed by atoms with van der Waals surface area (Å²) in [5.41, 5.74) is 0. The van der Waals surface area contributed by atoms with Gasteiger partial charge in [0.05, 0.1) is 0 Å². The van der Waals surface area contributed by atoms with Crippen LogP contribution in [0.4, 0.5) is 0 Å². The van der Waals surface area contributed by atoms with E-state index in [2.05, 4.69) is 13.8 Å². The molecule has 0 saturated heterocycles. The van der Waals surface area contributed by atoms with Gasteiger partial charge in [0.2, 0.25) is 0 Å². The first kappa shape index (κ1) is 30.2. The third-order valence-corrected chi connectivity index (χ3v) is 6.49. The minimum atomic E-state index is 0.579. The van der Waals surface area contributed by atoms with Crippen molar-refractivity contribution in [2.75, 3.05) is 13.2 Å². The predicted octanol–water partition coefficient (Wildman–Crippen LogP) is 10.2. The Kier molecular flexibility index (Phi) is 22.3. The van der Waals surface area contributed by atoms with Crippen LogP contribution in [-0.4, -0.2) is 13.2 Å². The summed E-state index contributed by atoms with van der Waals surface area (Å²) in [6.07, 6.45) is 27.2. The molecule has 0 radical (unpaired) electrons. The van der Waals surface area contributed by atoms with Crippen LogP contribution in [-0.2, 0) is 22.7 Å². The first-order chi connectivity index (χ1) is 16.4. The molecular formula is C30H56O3. The van der Waals surface area contributed by atoms with E-state index in [-0.39, 0.29) is 0 Å². The fraction of sp³-hybridized carbons (Fsp3) is 0.867. The molecule has 0 fully saturated rings. The highest BCUT2D eigenvalue weighted by atomic mass is 16.5. The average molecular weight is 465 g/mol. The normalized spacial score (nSPS) is 11.5. The number of unbranched alkanes of at least 4 members (excludes halogenated alkanes) is 18. The molecule has 0 bridgehead atoms. The van der Waals surface area contributed by atoms with Crippen LogP contribution in [0.5, 0.6) is 0 Å². The minimum absolute atomic E-state index is 0.579. The van der Waals surface area contributed by atoms with Crippen molar-refractivity contribution in [3.63, 3.8) is 0 Å². The van der Waals surface area contributed by atoms with Crippen molar-refractivity contribution in [3.05, 3.63) is 23.7 Å². The van der Waals surface area contributed by atoms with E-state index in [1.54, 1.807) is 0 Å². The number of rotatable bonds is 26. The molecule has 1 rings (SSSR count). The molecular weight excluding hydrogens is 408 g/mol. The van der Waals surface area contributed by atoms with Gasteiger partial charge in [-0.2, -0.15) is 0 Å². The van der Waals surface area contributed by atoms with Crippen LogP contribution in [0.3, 0.4) is 0 Å². The van der Waals surface area contributed by atoms with Crippen LogP contribution in [0.25, 0.3) is 0 Å². The van der Waals surface area contributed by atoms with Crippen LogP contribution in [0, 0.1) is 0 Å². The summed E-state index contributed by atoms with van der Waals surface area (Å²) in [6.45, 7) is 7.39. The van der Waals surface area contributed by atoms with E-state index in [1.165, 1.54) is 116 Å². The molecule has 0 saturated carbocycles. The van der Waals surface area contributed by atoms with Gasteiger partial charge in [-0.15, -0.1) is 0 Å². The fourth-order valence-corrected chi connectivity index (χ4v) is 4.31. The summed E-state index contributed by atoms with van der Waals surface area (Å²) in [5, 5.41) is 0. The molecule has 0 aromatic carbocycles. The Labute approximate surface area is 206 Å². The molecule has 33 heavy (non-hydrogen) atoms. The zero-order valence-electron chi connectivity index (χ0n) is 22.4. The molecule has 0 atom stereocenters. The molecule has 0 N–H and O–H groups in total. The lowest BCUT2D eigenvalue weighted by Gasteiger charge is -2.04. The Bertz CT molecular complexity index is 454. The minimum Gasteiger partial charge on any atom is -0.461 e. The van der Waals surface area contributed by atoms with Crippen molar-refractivity contribution >= 4 is 0 Å². The number of ether oxygens (including phenoxy) is 2. The highest BCUT2D eigenvalue weighted by molar-refractivity contribution is 5.05. The van der Waals surface area contributed by atoms with E-state index in [9.17, 15) is 0 Å². The maximum Gasteiger partial charge on any atom is 0.129 e. The second kappa shape index (κ2) is 24.3. The molecule has 194 valence electrons. The highest BCUT2D eigenvalue weighted by Gasteiger charge is 2.03. The maximum atomic E-state index is 5.83. The SMILES string of the molecule is CCCCCCCCCCCCOCc1ccc(COCCCCCCCCCCCC)o1. The molecule has 0 unspecified atom stereocenters. The summed E-state index contributed by atoms with van der Waals surface area (Å²) in [7, 11) is 0. The van der Waals surface area contributed by atoms with Crippen LogP contribution < -0.4 is 0 Å². The second-order valence-electron chi connectivity index (χ2n) is 9.84. The molecule has 1 heterocycles. The maximum absolute atomic E-state index is 5.83. The molecule has 1 aromatic heterocycles. The second-order valence-corrected chi connectivity index (χ2v) is 9.84. The Morgan fingerprint density at radius 1 is 0.455 bits per heavy atom. The van der Waals surface area contributed by atoms with Gasteiger partial charge in [0.25, 0.3) is 0 Å². The van der Waals surface area contributed by atoms with Gasteiger partial charge >= 0.3 is 0 Å². The van der Waals surface area contributed by atoms with E-state index in [1.807, 2.05) is 12.1 Å². The highest BCUT2D eigenvalue weighted by Crippen LogP contribution is 2.14. The van der Waals surface area contributed by atoms with Gasteiger partial charge in [-0.05, 0) is 25.0 Å².